The van der Waals surface area contributed by atoms with E-state index in [4.69, 9.17) is 9.84 Å². The van der Waals surface area contributed by atoms with E-state index in [1.807, 2.05) is 20.8 Å². The van der Waals surface area contributed by atoms with E-state index in [0.717, 1.165) is 6.42 Å². The summed E-state index contributed by atoms with van der Waals surface area (Å²) in [5.41, 5.74) is -0.527. The van der Waals surface area contributed by atoms with Gasteiger partial charge in [-0.1, -0.05) is 0 Å². The summed E-state index contributed by atoms with van der Waals surface area (Å²) >= 11 is 0. The van der Waals surface area contributed by atoms with Gasteiger partial charge in [0.25, 0.3) is 0 Å². The fourth-order valence-corrected chi connectivity index (χ4v) is 2.23. The molecule has 1 aliphatic heterocycles. The molecule has 0 unspecified atom stereocenters. The molecule has 18 heavy (non-hydrogen) atoms. The van der Waals surface area contributed by atoms with Crippen molar-refractivity contribution in [2.24, 2.45) is 0 Å². The number of aliphatic hydroxyl groups is 2. The van der Waals surface area contributed by atoms with Crippen molar-refractivity contribution >= 4 is 6.09 Å². The summed E-state index contributed by atoms with van der Waals surface area (Å²) in [6.07, 6.45) is 1.80. The van der Waals surface area contributed by atoms with Gasteiger partial charge in [0, 0.05) is 13.2 Å². The highest BCUT2D eigenvalue weighted by atomic mass is 16.6. The van der Waals surface area contributed by atoms with E-state index >= 15 is 0 Å². The minimum Gasteiger partial charge on any atom is -0.444 e. The Balaban J connectivity index is 2.66. The lowest BCUT2D eigenvalue weighted by Gasteiger charge is -2.39. The fourth-order valence-electron chi connectivity index (χ4n) is 2.23. The molecule has 0 aromatic carbocycles. The van der Waals surface area contributed by atoms with Crippen molar-refractivity contribution in [3.8, 4) is 0 Å². The van der Waals surface area contributed by atoms with Gasteiger partial charge < -0.3 is 19.8 Å². The quantitative estimate of drug-likeness (QED) is 0.806. The average molecular weight is 259 g/mol. The fraction of sp³-hybridized carbons (Fsp3) is 0.923. The van der Waals surface area contributed by atoms with Crippen LogP contribution in [0, 0.1) is 0 Å². The minimum atomic E-state index is -0.527. The number of ether oxygens (including phenoxy) is 1. The Morgan fingerprint density at radius 1 is 1.44 bits per heavy atom. The Labute approximate surface area is 109 Å². The maximum atomic E-state index is 12.1. The zero-order chi connectivity index (χ0) is 13.8. The largest absolute Gasteiger partial charge is 0.444 e. The number of piperidine rings is 1. The van der Waals surface area contributed by atoms with Crippen molar-refractivity contribution in [1.82, 2.24) is 4.90 Å². The molecule has 1 heterocycles. The number of amides is 1. The van der Waals surface area contributed by atoms with Gasteiger partial charge in [0.15, 0.2) is 0 Å². The molecule has 0 aliphatic carbocycles. The van der Waals surface area contributed by atoms with Crippen LogP contribution in [-0.2, 0) is 4.74 Å². The van der Waals surface area contributed by atoms with Crippen LogP contribution in [0.5, 0.6) is 0 Å². The normalized spacial score (nSPS) is 25.1. The molecule has 5 nitrogen and oxygen atoms in total. The number of hydrogen-bond donors (Lipinski definition) is 2. The summed E-state index contributed by atoms with van der Waals surface area (Å²) in [7, 11) is 0. The van der Waals surface area contributed by atoms with Crippen LogP contribution in [0.15, 0.2) is 0 Å². The second-order valence-electron chi connectivity index (χ2n) is 5.82. The molecule has 0 aromatic rings. The predicted octanol–water partition coefficient (Wildman–Crippen LogP) is 1.52. The number of rotatable bonds is 3. The highest BCUT2D eigenvalue weighted by molar-refractivity contribution is 5.68. The lowest BCUT2D eigenvalue weighted by Crippen LogP contribution is -2.52. The molecule has 0 radical (unpaired) electrons. The van der Waals surface area contributed by atoms with Crippen LogP contribution in [-0.4, -0.2) is 52.1 Å². The molecular formula is C13H25NO4. The van der Waals surface area contributed by atoms with Crippen molar-refractivity contribution < 1.29 is 19.7 Å². The molecule has 1 rings (SSSR count). The zero-order valence-electron chi connectivity index (χ0n) is 11.6. The summed E-state index contributed by atoms with van der Waals surface area (Å²) in [5, 5.41) is 18.9. The lowest BCUT2D eigenvalue weighted by atomic mass is 9.95. The monoisotopic (exact) mass is 259 g/mol. The Morgan fingerprint density at radius 3 is 2.67 bits per heavy atom. The van der Waals surface area contributed by atoms with Gasteiger partial charge in [-0.15, -0.1) is 0 Å². The molecule has 2 N–H and O–H groups in total. The topological polar surface area (TPSA) is 70.0 Å². The number of carbonyl (C=O) groups is 1. The first-order valence-electron chi connectivity index (χ1n) is 6.63. The van der Waals surface area contributed by atoms with E-state index in [-0.39, 0.29) is 18.7 Å². The summed E-state index contributed by atoms with van der Waals surface area (Å²) in [4.78, 5) is 13.7. The molecule has 1 aliphatic rings. The minimum absolute atomic E-state index is 0.0748. The third-order valence-corrected chi connectivity index (χ3v) is 3.03. The van der Waals surface area contributed by atoms with Gasteiger partial charge in [0.2, 0.25) is 0 Å². The standard InChI is InChI=1S/C13H25NO4/c1-13(2,3)18-12(17)14-8-4-7-11(16)10(14)6-5-9-15/h10-11,15-16H,4-9H2,1-3H3/t10-,11+/m1/s1. The highest BCUT2D eigenvalue weighted by Crippen LogP contribution is 2.23. The number of aliphatic hydroxyl groups excluding tert-OH is 2. The number of hydrogen-bond acceptors (Lipinski definition) is 4. The second-order valence-corrected chi connectivity index (χ2v) is 5.82. The molecule has 0 bridgehead atoms. The van der Waals surface area contributed by atoms with Gasteiger partial charge >= 0.3 is 6.09 Å². The smallest absolute Gasteiger partial charge is 0.410 e. The van der Waals surface area contributed by atoms with E-state index < -0.39 is 11.7 Å². The van der Waals surface area contributed by atoms with Gasteiger partial charge in [-0.3, -0.25) is 0 Å². The molecule has 0 aromatic heterocycles. The van der Waals surface area contributed by atoms with Gasteiger partial charge in [0.05, 0.1) is 12.1 Å². The van der Waals surface area contributed by atoms with Crippen molar-refractivity contribution in [1.29, 1.82) is 0 Å². The number of nitrogens with zero attached hydrogens (tertiary/aromatic N) is 1. The molecule has 1 saturated heterocycles. The van der Waals surface area contributed by atoms with Crippen LogP contribution in [0.25, 0.3) is 0 Å². The van der Waals surface area contributed by atoms with Crippen LogP contribution in [0.4, 0.5) is 4.79 Å². The summed E-state index contributed by atoms with van der Waals surface area (Å²) in [6, 6.07) is -0.235. The SMILES string of the molecule is CC(C)(C)OC(=O)N1CCC[C@H](O)[C@H]1CCCO. The third-order valence-electron chi connectivity index (χ3n) is 3.03. The molecule has 2 atom stereocenters. The Morgan fingerprint density at radius 2 is 2.11 bits per heavy atom. The average Bonchev–Trinajstić information content (AvgIpc) is 2.24. The van der Waals surface area contributed by atoms with Crippen LogP contribution in [0.3, 0.4) is 0 Å². The van der Waals surface area contributed by atoms with Crippen LogP contribution >= 0.6 is 0 Å². The zero-order valence-corrected chi connectivity index (χ0v) is 11.6. The van der Waals surface area contributed by atoms with Crippen molar-refractivity contribution in [3.05, 3.63) is 0 Å². The van der Waals surface area contributed by atoms with Crippen molar-refractivity contribution in [2.75, 3.05) is 13.2 Å². The van der Waals surface area contributed by atoms with E-state index in [9.17, 15) is 9.90 Å². The van der Waals surface area contributed by atoms with Crippen molar-refractivity contribution in [3.63, 3.8) is 0 Å². The van der Waals surface area contributed by atoms with E-state index in [1.165, 1.54) is 0 Å². The maximum Gasteiger partial charge on any atom is 0.410 e. The molecule has 5 heteroatoms. The molecule has 1 amide bonds. The van der Waals surface area contributed by atoms with Crippen LogP contribution in [0.2, 0.25) is 0 Å². The number of carbonyl (C=O) groups excluding carboxylic acids is 1. The van der Waals surface area contributed by atoms with E-state index in [2.05, 4.69) is 0 Å². The first-order valence-corrected chi connectivity index (χ1v) is 6.63. The van der Waals surface area contributed by atoms with E-state index in [0.29, 0.717) is 25.8 Å². The maximum absolute atomic E-state index is 12.1. The molecule has 0 saturated carbocycles. The molecular weight excluding hydrogens is 234 g/mol. The molecule has 1 fully saturated rings. The van der Waals surface area contributed by atoms with Gasteiger partial charge in [0.1, 0.15) is 5.60 Å². The van der Waals surface area contributed by atoms with Crippen LogP contribution < -0.4 is 0 Å². The van der Waals surface area contributed by atoms with Gasteiger partial charge in [-0.2, -0.15) is 0 Å². The van der Waals surface area contributed by atoms with Crippen LogP contribution in [0.1, 0.15) is 46.5 Å². The van der Waals surface area contributed by atoms with Gasteiger partial charge in [-0.25, -0.2) is 4.79 Å². The van der Waals surface area contributed by atoms with E-state index in [1.54, 1.807) is 4.90 Å². The van der Waals surface area contributed by atoms with Crippen molar-refractivity contribution in [2.45, 2.75) is 64.2 Å². The number of likely N-dealkylation sites (tertiary alicyclic amines) is 1. The summed E-state index contributed by atoms with van der Waals surface area (Å²) in [6.45, 7) is 6.17. The molecule has 106 valence electrons. The first-order chi connectivity index (χ1) is 8.35. The highest BCUT2D eigenvalue weighted by Gasteiger charge is 2.35. The predicted molar refractivity (Wildman–Crippen MR) is 68.3 cm³/mol. The second kappa shape index (κ2) is 6.38. The lowest BCUT2D eigenvalue weighted by molar-refractivity contribution is -0.0262. The Bertz CT molecular complexity index is 275. The summed E-state index contributed by atoms with van der Waals surface area (Å²) in [5.74, 6) is 0. The summed E-state index contributed by atoms with van der Waals surface area (Å²) < 4.78 is 5.35. The van der Waals surface area contributed by atoms with Gasteiger partial charge in [-0.05, 0) is 46.5 Å². The Hall–Kier alpha value is -0.810. The third kappa shape index (κ3) is 4.46. The molecule has 0 spiro atoms. The Kier molecular flexibility index (Phi) is 5.41. The first kappa shape index (κ1) is 15.2.